The number of likely N-dealkylation sites (N-methyl/N-ethyl adjacent to an activating group) is 1. The largest absolute Gasteiger partial charge is 0.353 e. The van der Waals surface area contributed by atoms with Gasteiger partial charge in [-0.1, -0.05) is 13.8 Å². The number of amides is 1. The first-order valence-corrected chi connectivity index (χ1v) is 5.72. The molecular formula is C11H23N3O. The van der Waals surface area contributed by atoms with Crippen molar-refractivity contribution in [2.45, 2.75) is 32.9 Å². The second kappa shape index (κ2) is 5.47. The summed E-state index contributed by atoms with van der Waals surface area (Å²) in [7, 11) is 1.96. The molecule has 4 heteroatoms. The van der Waals surface area contributed by atoms with Gasteiger partial charge in [-0.3, -0.25) is 9.69 Å². The van der Waals surface area contributed by atoms with E-state index < -0.39 is 0 Å². The Morgan fingerprint density at radius 3 is 2.73 bits per heavy atom. The van der Waals surface area contributed by atoms with Crippen LogP contribution < -0.4 is 10.6 Å². The van der Waals surface area contributed by atoms with Crippen molar-refractivity contribution in [3.05, 3.63) is 0 Å². The van der Waals surface area contributed by atoms with Crippen LogP contribution in [0.4, 0.5) is 0 Å². The number of nitrogens with one attached hydrogen (secondary N) is 2. The predicted octanol–water partition coefficient (Wildman–Crippen LogP) is 0.0507. The lowest BCUT2D eigenvalue weighted by atomic mass is 10.00. The molecule has 4 nitrogen and oxygen atoms in total. The van der Waals surface area contributed by atoms with E-state index in [1.54, 1.807) is 0 Å². The van der Waals surface area contributed by atoms with Crippen molar-refractivity contribution in [2.24, 2.45) is 5.92 Å². The third kappa shape index (κ3) is 3.47. The van der Waals surface area contributed by atoms with Crippen LogP contribution in [0.25, 0.3) is 0 Å². The molecule has 1 rings (SSSR count). The number of nitrogens with zero attached hydrogens (tertiary/aromatic N) is 1. The fourth-order valence-corrected chi connectivity index (χ4v) is 2.01. The van der Waals surface area contributed by atoms with Gasteiger partial charge in [0.1, 0.15) is 0 Å². The maximum Gasteiger partial charge on any atom is 0.234 e. The summed E-state index contributed by atoms with van der Waals surface area (Å²) in [4.78, 5) is 13.6. The van der Waals surface area contributed by atoms with Gasteiger partial charge in [0.25, 0.3) is 0 Å². The molecule has 0 aromatic heterocycles. The van der Waals surface area contributed by atoms with Gasteiger partial charge in [0.2, 0.25) is 5.91 Å². The van der Waals surface area contributed by atoms with Crippen LogP contribution in [0.3, 0.4) is 0 Å². The van der Waals surface area contributed by atoms with Crippen molar-refractivity contribution in [1.82, 2.24) is 15.5 Å². The Morgan fingerprint density at radius 2 is 2.20 bits per heavy atom. The van der Waals surface area contributed by atoms with Gasteiger partial charge in [-0.05, 0) is 19.9 Å². The number of piperazine rings is 1. The fourth-order valence-electron chi connectivity index (χ4n) is 2.01. The van der Waals surface area contributed by atoms with Crippen molar-refractivity contribution >= 4 is 5.91 Å². The average molecular weight is 213 g/mol. The van der Waals surface area contributed by atoms with Crippen LogP contribution in [0.2, 0.25) is 0 Å². The lowest BCUT2D eigenvalue weighted by Gasteiger charge is -2.39. The zero-order valence-electron chi connectivity index (χ0n) is 10.2. The topological polar surface area (TPSA) is 44.4 Å². The van der Waals surface area contributed by atoms with E-state index in [-0.39, 0.29) is 5.91 Å². The lowest BCUT2D eigenvalue weighted by molar-refractivity contribution is -0.126. The molecule has 1 aliphatic rings. The van der Waals surface area contributed by atoms with Crippen molar-refractivity contribution in [3.63, 3.8) is 0 Å². The van der Waals surface area contributed by atoms with Crippen molar-refractivity contribution in [2.75, 3.05) is 26.7 Å². The fraction of sp³-hybridized carbons (Fsp3) is 0.909. The average Bonchev–Trinajstić information content (AvgIpc) is 2.17. The Kier molecular flexibility index (Phi) is 4.54. The normalized spacial score (nSPS) is 25.4. The molecule has 2 atom stereocenters. The number of carbonyl (C=O) groups excluding carboxylic acids is 1. The van der Waals surface area contributed by atoms with E-state index in [1.165, 1.54) is 0 Å². The molecule has 0 bridgehead atoms. The molecule has 88 valence electrons. The van der Waals surface area contributed by atoms with Gasteiger partial charge >= 0.3 is 0 Å². The third-order valence-electron chi connectivity index (χ3n) is 3.09. The van der Waals surface area contributed by atoms with Crippen LogP contribution in [-0.4, -0.2) is 49.6 Å². The number of rotatable bonds is 4. The SMILES string of the molecule is CNC(C)CN1CC(=O)NCC1C(C)C. The Morgan fingerprint density at radius 1 is 1.53 bits per heavy atom. The van der Waals surface area contributed by atoms with Gasteiger partial charge in [-0.25, -0.2) is 0 Å². The van der Waals surface area contributed by atoms with E-state index in [4.69, 9.17) is 0 Å². The minimum absolute atomic E-state index is 0.148. The van der Waals surface area contributed by atoms with Crippen LogP contribution >= 0.6 is 0 Å². The monoisotopic (exact) mass is 213 g/mol. The first kappa shape index (κ1) is 12.5. The summed E-state index contributed by atoms with van der Waals surface area (Å²) in [5.74, 6) is 0.727. The van der Waals surface area contributed by atoms with E-state index in [2.05, 4.69) is 36.3 Å². The highest BCUT2D eigenvalue weighted by atomic mass is 16.2. The van der Waals surface area contributed by atoms with Crippen LogP contribution in [-0.2, 0) is 4.79 Å². The van der Waals surface area contributed by atoms with Crippen LogP contribution in [0.15, 0.2) is 0 Å². The predicted molar refractivity (Wildman–Crippen MR) is 61.7 cm³/mol. The molecule has 1 heterocycles. The first-order chi connectivity index (χ1) is 7.04. The molecule has 0 aliphatic carbocycles. The smallest absolute Gasteiger partial charge is 0.234 e. The molecule has 0 aromatic carbocycles. The Balaban J connectivity index is 2.57. The molecular weight excluding hydrogens is 190 g/mol. The highest BCUT2D eigenvalue weighted by Gasteiger charge is 2.29. The third-order valence-corrected chi connectivity index (χ3v) is 3.09. The number of hydrogen-bond acceptors (Lipinski definition) is 3. The molecule has 0 radical (unpaired) electrons. The summed E-state index contributed by atoms with van der Waals surface area (Å²) in [6.07, 6.45) is 0. The van der Waals surface area contributed by atoms with Gasteiger partial charge in [-0.15, -0.1) is 0 Å². The Labute approximate surface area is 92.4 Å². The van der Waals surface area contributed by atoms with Gasteiger partial charge in [0, 0.05) is 25.2 Å². The minimum atomic E-state index is 0.148. The zero-order chi connectivity index (χ0) is 11.4. The Bertz CT molecular complexity index is 218. The van der Waals surface area contributed by atoms with Crippen molar-refractivity contribution < 1.29 is 4.79 Å². The quantitative estimate of drug-likeness (QED) is 0.693. The van der Waals surface area contributed by atoms with Crippen LogP contribution in [0.1, 0.15) is 20.8 Å². The van der Waals surface area contributed by atoms with Gasteiger partial charge in [0.15, 0.2) is 0 Å². The number of hydrogen-bond donors (Lipinski definition) is 2. The molecule has 1 amide bonds. The van der Waals surface area contributed by atoms with E-state index in [0.717, 1.165) is 13.1 Å². The maximum atomic E-state index is 11.3. The molecule has 0 saturated carbocycles. The maximum absolute atomic E-state index is 11.3. The van der Waals surface area contributed by atoms with Crippen molar-refractivity contribution in [1.29, 1.82) is 0 Å². The lowest BCUT2D eigenvalue weighted by Crippen LogP contribution is -2.58. The highest BCUT2D eigenvalue weighted by Crippen LogP contribution is 2.13. The summed E-state index contributed by atoms with van der Waals surface area (Å²) in [6, 6.07) is 0.899. The molecule has 1 saturated heterocycles. The molecule has 2 N–H and O–H groups in total. The summed E-state index contributed by atoms with van der Waals surface area (Å²) >= 11 is 0. The standard InChI is InChI=1S/C11H23N3O/c1-8(2)10-5-13-11(15)7-14(10)6-9(3)12-4/h8-10,12H,5-7H2,1-4H3,(H,13,15). The van der Waals surface area contributed by atoms with E-state index in [9.17, 15) is 4.79 Å². The van der Waals surface area contributed by atoms with Gasteiger partial charge in [-0.2, -0.15) is 0 Å². The Hall–Kier alpha value is -0.610. The van der Waals surface area contributed by atoms with Crippen LogP contribution in [0.5, 0.6) is 0 Å². The highest BCUT2D eigenvalue weighted by molar-refractivity contribution is 5.78. The molecule has 0 spiro atoms. The second-order valence-electron chi connectivity index (χ2n) is 4.73. The minimum Gasteiger partial charge on any atom is -0.353 e. The molecule has 2 unspecified atom stereocenters. The van der Waals surface area contributed by atoms with E-state index in [1.807, 2.05) is 7.05 Å². The second-order valence-corrected chi connectivity index (χ2v) is 4.73. The summed E-state index contributed by atoms with van der Waals surface area (Å²) in [5.41, 5.74) is 0. The molecule has 0 aromatic rings. The summed E-state index contributed by atoms with van der Waals surface area (Å²) in [6.45, 7) is 8.82. The van der Waals surface area contributed by atoms with E-state index in [0.29, 0.717) is 24.5 Å². The van der Waals surface area contributed by atoms with Crippen molar-refractivity contribution in [3.8, 4) is 0 Å². The zero-order valence-corrected chi connectivity index (χ0v) is 10.2. The van der Waals surface area contributed by atoms with Gasteiger partial charge in [0.05, 0.1) is 6.54 Å². The van der Waals surface area contributed by atoms with E-state index >= 15 is 0 Å². The molecule has 1 fully saturated rings. The summed E-state index contributed by atoms with van der Waals surface area (Å²) in [5, 5.41) is 6.15. The summed E-state index contributed by atoms with van der Waals surface area (Å²) < 4.78 is 0. The van der Waals surface area contributed by atoms with Gasteiger partial charge < -0.3 is 10.6 Å². The molecule has 1 aliphatic heterocycles. The number of carbonyl (C=O) groups is 1. The van der Waals surface area contributed by atoms with Crippen LogP contribution in [0, 0.1) is 5.92 Å². The molecule has 15 heavy (non-hydrogen) atoms. The first-order valence-electron chi connectivity index (χ1n) is 5.72.